The summed E-state index contributed by atoms with van der Waals surface area (Å²) in [7, 11) is 0. The molecule has 0 aliphatic rings. The lowest BCUT2D eigenvalue weighted by Crippen LogP contribution is -2.14. The number of anilines is 1. The number of aryl methyl sites for hydroxylation is 1. The van der Waals surface area contributed by atoms with Crippen molar-refractivity contribution in [3.05, 3.63) is 57.8 Å². The molecule has 0 aliphatic carbocycles. The van der Waals surface area contributed by atoms with Crippen LogP contribution in [0.5, 0.6) is 0 Å². The van der Waals surface area contributed by atoms with Crippen molar-refractivity contribution < 1.29 is 9.32 Å². The van der Waals surface area contributed by atoms with E-state index in [1.54, 1.807) is 37.3 Å². The molecule has 0 unspecified atom stereocenters. The van der Waals surface area contributed by atoms with Crippen molar-refractivity contribution >= 4 is 57.6 Å². The third-order valence-electron chi connectivity index (χ3n) is 3.82. The molecule has 1 N–H and O–H groups in total. The van der Waals surface area contributed by atoms with Crippen molar-refractivity contribution in [1.29, 1.82) is 0 Å². The number of benzene rings is 2. The van der Waals surface area contributed by atoms with Crippen molar-refractivity contribution in [3.8, 4) is 11.3 Å². The number of fused-ring (bicyclic) bond motifs is 1. The molecule has 0 saturated carbocycles. The molecule has 26 heavy (non-hydrogen) atoms. The van der Waals surface area contributed by atoms with Gasteiger partial charge in [-0.1, -0.05) is 40.5 Å². The van der Waals surface area contributed by atoms with Crippen LogP contribution in [-0.2, 0) is 0 Å². The number of rotatable bonds is 3. The second kappa shape index (κ2) is 6.68. The maximum atomic E-state index is 12.9. The zero-order valence-corrected chi connectivity index (χ0v) is 15.6. The third kappa shape index (κ3) is 2.84. The predicted molar refractivity (Wildman–Crippen MR) is 102 cm³/mol. The van der Waals surface area contributed by atoms with E-state index < -0.39 is 5.91 Å². The van der Waals surface area contributed by atoms with E-state index in [1.807, 2.05) is 6.07 Å². The molecular weight excluding hydrogens is 395 g/mol. The molecule has 1 amide bonds. The van der Waals surface area contributed by atoms with Crippen LogP contribution >= 0.6 is 34.9 Å². The number of aromatic nitrogens is 3. The Labute approximate surface area is 162 Å². The fraction of sp³-hybridized carbons (Fsp3) is 0.0588. The van der Waals surface area contributed by atoms with Crippen molar-refractivity contribution in [2.45, 2.75) is 6.92 Å². The summed E-state index contributed by atoms with van der Waals surface area (Å²) in [6.45, 7) is 1.65. The topological polar surface area (TPSA) is 80.9 Å². The van der Waals surface area contributed by atoms with Gasteiger partial charge in [-0.2, -0.15) is 8.75 Å². The first kappa shape index (κ1) is 17.0. The van der Waals surface area contributed by atoms with Crippen LogP contribution in [-0.4, -0.2) is 19.8 Å². The largest absolute Gasteiger partial charge is 0.360 e. The summed E-state index contributed by atoms with van der Waals surface area (Å²) in [4.78, 5) is 12.9. The van der Waals surface area contributed by atoms with Crippen LogP contribution in [0.2, 0.25) is 10.0 Å². The van der Waals surface area contributed by atoms with E-state index >= 15 is 0 Å². The third-order valence-corrected chi connectivity index (χ3v) is 5.00. The maximum absolute atomic E-state index is 12.9. The van der Waals surface area contributed by atoms with E-state index in [-0.39, 0.29) is 5.56 Å². The zero-order valence-electron chi connectivity index (χ0n) is 13.3. The summed E-state index contributed by atoms with van der Waals surface area (Å²) in [5, 5.41) is 7.59. The molecule has 0 aliphatic heterocycles. The Balaban J connectivity index is 1.78. The Morgan fingerprint density at radius 1 is 1.12 bits per heavy atom. The normalized spacial score (nSPS) is 11.0. The summed E-state index contributed by atoms with van der Waals surface area (Å²) >= 11 is 13.6. The molecule has 0 radical (unpaired) electrons. The Morgan fingerprint density at radius 3 is 2.62 bits per heavy atom. The SMILES string of the molecule is Cc1onc(-c2c(Cl)cccc2Cl)c1C(=O)Nc1cccc2nsnc12. The minimum atomic E-state index is -0.393. The van der Waals surface area contributed by atoms with Gasteiger partial charge in [-0.3, -0.25) is 4.79 Å². The van der Waals surface area contributed by atoms with E-state index in [0.29, 0.717) is 43.8 Å². The van der Waals surface area contributed by atoms with Gasteiger partial charge in [0.1, 0.15) is 28.1 Å². The lowest BCUT2D eigenvalue weighted by Gasteiger charge is -2.08. The molecule has 9 heteroatoms. The molecule has 0 bridgehead atoms. The first-order valence-electron chi connectivity index (χ1n) is 7.49. The quantitative estimate of drug-likeness (QED) is 0.506. The fourth-order valence-corrected chi connectivity index (χ4v) is 3.75. The molecule has 0 atom stereocenters. The van der Waals surface area contributed by atoms with E-state index in [1.165, 1.54) is 0 Å². The van der Waals surface area contributed by atoms with Crippen molar-refractivity contribution in [2.24, 2.45) is 0 Å². The first-order valence-corrected chi connectivity index (χ1v) is 8.98. The lowest BCUT2D eigenvalue weighted by molar-refractivity contribution is 0.102. The summed E-state index contributed by atoms with van der Waals surface area (Å²) < 4.78 is 13.6. The molecule has 2 aromatic heterocycles. The second-order valence-electron chi connectivity index (χ2n) is 5.45. The Morgan fingerprint density at radius 2 is 1.85 bits per heavy atom. The molecule has 0 fully saturated rings. The van der Waals surface area contributed by atoms with Gasteiger partial charge in [0, 0.05) is 5.56 Å². The Kier molecular flexibility index (Phi) is 4.36. The molecular formula is C17H10Cl2N4O2S. The number of carbonyl (C=O) groups excluding carboxylic acids is 1. The smallest absolute Gasteiger partial charge is 0.261 e. The number of carbonyl (C=O) groups is 1. The minimum absolute atomic E-state index is 0.264. The van der Waals surface area contributed by atoms with E-state index in [0.717, 1.165) is 11.7 Å². The van der Waals surface area contributed by atoms with Crippen LogP contribution in [0.15, 0.2) is 40.9 Å². The number of amides is 1. The number of hydrogen-bond acceptors (Lipinski definition) is 6. The standard InChI is InChI=1S/C17H10Cl2N4O2S/c1-8-13(16(21-25-8)14-9(18)4-2-5-10(14)19)17(24)20-11-6-3-7-12-15(11)23-26-22-12/h2-7H,1H3,(H,20,24). The van der Waals surface area contributed by atoms with Gasteiger partial charge in [-0.05, 0) is 31.2 Å². The van der Waals surface area contributed by atoms with Crippen LogP contribution in [0.3, 0.4) is 0 Å². The highest BCUT2D eigenvalue weighted by Crippen LogP contribution is 2.37. The van der Waals surface area contributed by atoms with Gasteiger partial charge >= 0.3 is 0 Å². The van der Waals surface area contributed by atoms with Gasteiger partial charge in [-0.15, -0.1) is 0 Å². The van der Waals surface area contributed by atoms with Crippen molar-refractivity contribution in [1.82, 2.24) is 13.9 Å². The molecule has 130 valence electrons. The number of halogens is 2. The average molecular weight is 405 g/mol. The maximum Gasteiger partial charge on any atom is 0.261 e. The number of hydrogen-bond donors (Lipinski definition) is 1. The predicted octanol–water partition coefficient (Wildman–Crippen LogP) is 5.21. The Bertz CT molecular complexity index is 1120. The minimum Gasteiger partial charge on any atom is -0.360 e. The van der Waals surface area contributed by atoms with Crippen LogP contribution in [0.4, 0.5) is 5.69 Å². The molecule has 0 spiro atoms. The molecule has 2 heterocycles. The zero-order chi connectivity index (χ0) is 18.3. The summed E-state index contributed by atoms with van der Waals surface area (Å²) in [5.41, 5.74) is 2.89. The highest BCUT2D eigenvalue weighted by atomic mass is 35.5. The van der Waals surface area contributed by atoms with Crippen molar-refractivity contribution in [2.75, 3.05) is 5.32 Å². The summed E-state index contributed by atoms with van der Waals surface area (Å²) in [6, 6.07) is 10.5. The molecule has 6 nitrogen and oxygen atoms in total. The van der Waals surface area contributed by atoms with Gasteiger partial charge in [0.2, 0.25) is 0 Å². The Hall–Kier alpha value is -2.48. The average Bonchev–Trinajstić information content (AvgIpc) is 3.22. The highest BCUT2D eigenvalue weighted by molar-refractivity contribution is 7.00. The molecule has 0 saturated heterocycles. The molecule has 4 aromatic rings. The van der Waals surface area contributed by atoms with Crippen LogP contribution < -0.4 is 5.32 Å². The fourth-order valence-electron chi connectivity index (χ4n) is 2.63. The number of nitrogens with one attached hydrogen (secondary N) is 1. The second-order valence-corrected chi connectivity index (χ2v) is 6.79. The van der Waals surface area contributed by atoms with E-state index in [9.17, 15) is 4.79 Å². The van der Waals surface area contributed by atoms with Gasteiger partial charge < -0.3 is 9.84 Å². The number of nitrogens with zero attached hydrogens (tertiary/aromatic N) is 3. The van der Waals surface area contributed by atoms with Gasteiger partial charge in [-0.25, -0.2) is 0 Å². The molecule has 4 rings (SSSR count). The molecule has 2 aromatic carbocycles. The summed E-state index contributed by atoms with van der Waals surface area (Å²) in [6.07, 6.45) is 0. The van der Waals surface area contributed by atoms with Crippen LogP contribution in [0.25, 0.3) is 22.3 Å². The van der Waals surface area contributed by atoms with E-state index in [2.05, 4.69) is 19.2 Å². The monoisotopic (exact) mass is 404 g/mol. The van der Waals surface area contributed by atoms with E-state index in [4.69, 9.17) is 27.7 Å². The van der Waals surface area contributed by atoms with Gasteiger partial charge in [0.15, 0.2) is 0 Å². The lowest BCUT2D eigenvalue weighted by atomic mass is 10.1. The van der Waals surface area contributed by atoms with Crippen LogP contribution in [0.1, 0.15) is 16.1 Å². The van der Waals surface area contributed by atoms with Gasteiger partial charge in [0.05, 0.1) is 27.5 Å². The van der Waals surface area contributed by atoms with Crippen molar-refractivity contribution in [3.63, 3.8) is 0 Å². The van der Waals surface area contributed by atoms with Crippen LogP contribution in [0, 0.1) is 6.92 Å². The van der Waals surface area contributed by atoms with Gasteiger partial charge in [0.25, 0.3) is 5.91 Å². The highest BCUT2D eigenvalue weighted by Gasteiger charge is 2.25. The first-order chi connectivity index (χ1) is 12.6. The summed E-state index contributed by atoms with van der Waals surface area (Å²) in [5.74, 6) is -0.0349.